The molecule has 0 atom stereocenters. The third-order valence-electron chi connectivity index (χ3n) is 3.21. The Morgan fingerprint density at radius 2 is 2.05 bits per heavy atom. The Bertz CT molecular complexity index is 458. The predicted octanol–water partition coefficient (Wildman–Crippen LogP) is 3.67. The molecule has 19 heavy (non-hydrogen) atoms. The fourth-order valence-corrected chi connectivity index (χ4v) is 2.64. The van der Waals surface area contributed by atoms with Crippen molar-refractivity contribution in [2.45, 2.75) is 38.1 Å². The van der Waals surface area contributed by atoms with Crippen LogP contribution in [0.25, 0.3) is 0 Å². The van der Waals surface area contributed by atoms with E-state index in [1.807, 2.05) is 18.2 Å². The molecule has 0 bridgehead atoms. The highest BCUT2D eigenvalue weighted by molar-refractivity contribution is 9.10. The maximum atomic E-state index is 6.05. The number of benzene rings is 1. The van der Waals surface area contributed by atoms with Crippen LogP contribution in [0.15, 0.2) is 27.7 Å². The summed E-state index contributed by atoms with van der Waals surface area (Å²) in [6.07, 6.45) is 6.07. The van der Waals surface area contributed by atoms with Crippen molar-refractivity contribution in [2.75, 3.05) is 5.32 Å². The summed E-state index contributed by atoms with van der Waals surface area (Å²) in [6, 6.07) is 6.00. The van der Waals surface area contributed by atoms with Crippen LogP contribution in [-0.4, -0.2) is 12.0 Å². The number of guanidine groups is 1. The van der Waals surface area contributed by atoms with Gasteiger partial charge in [0.25, 0.3) is 0 Å². The number of halogens is 2. The molecule has 0 heterocycles. The fraction of sp³-hybridized carbons (Fsp3) is 0.462. The Morgan fingerprint density at radius 1 is 1.32 bits per heavy atom. The third kappa shape index (κ3) is 4.37. The molecule has 104 valence electrons. The van der Waals surface area contributed by atoms with E-state index in [0.29, 0.717) is 17.0 Å². The van der Waals surface area contributed by atoms with Crippen molar-refractivity contribution in [3.63, 3.8) is 0 Å². The second-order valence-corrected chi connectivity index (χ2v) is 5.93. The first-order valence-corrected chi connectivity index (χ1v) is 7.62. The summed E-state index contributed by atoms with van der Waals surface area (Å²) in [5.74, 6) is 6.11. The number of nitrogens with one attached hydrogen (secondary N) is 2. The number of anilines is 1. The monoisotopic (exact) mass is 344 g/mol. The molecule has 1 saturated carbocycles. The van der Waals surface area contributed by atoms with Crippen LogP contribution in [0.3, 0.4) is 0 Å². The van der Waals surface area contributed by atoms with Crippen molar-refractivity contribution in [1.29, 1.82) is 0 Å². The molecule has 2 rings (SSSR count). The summed E-state index contributed by atoms with van der Waals surface area (Å²) in [5, 5.41) is 3.80. The first-order valence-electron chi connectivity index (χ1n) is 6.45. The van der Waals surface area contributed by atoms with Gasteiger partial charge in [0, 0.05) is 10.2 Å². The summed E-state index contributed by atoms with van der Waals surface area (Å²) in [7, 11) is 0. The van der Waals surface area contributed by atoms with Gasteiger partial charge in [-0.05, 0) is 47.0 Å². The number of nitrogens with two attached hydrogens (primary N) is 1. The van der Waals surface area contributed by atoms with Crippen LogP contribution in [0.5, 0.6) is 0 Å². The molecule has 1 aliphatic carbocycles. The van der Waals surface area contributed by atoms with Gasteiger partial charge in [-0.15, -0.1) is 0 Å². The molecule has 1 aliphatic rings. The lowest BCUT2D eigenvalue weighted by atomic mass is 9.96. The lowest BCUT2D eigenvalue weighted by Gasteiger charge is -2.19. The van der Waals surface area contributed by atoms with Gasteiger partial charge in [-0.2, -0.15) is 0 Å². The number of rotatable bonds is 2. The normalized spacial score (nSPS) is 17.3. The van der Waals surface area contributed by atoms with E-state index < -0.39 is 0 Å². The van der Waals surface area contributed by atoms with Crippen LogP contribution < -0.4 is 16.6 Å². The van der Waals surface area contributed by atoms with E-state index in [1.165, 1.54) is 19.3 Å². The number of aliphatic imine (C=N–C) groups is 1. The van der Waals surface area contributed by atoms with Gasteiger partial charge in [0.05, 0.1) is 11.1 Å². The standard InChI is InChI=1S/C13H18BrClN4/c14-11-7-6-10(8-12(11)15)18-13(19-16)17-9-4-2-1-3-5-9/h6-9H,1-5,16H2,(H2,17,18,19). The third-order valence-corrected chi connectivity index (χ3v) is 4.44. The van der Waals surface area contributed by atoms with Gasteiger partial charge < -0.3 is 5.32 Å². The highest BCUT2D eigenvalue weighted by atomic mass is 79.9. The molecule has 1 aromatic rings. The minimum absolute atomic E-state index is 0.359. The van der Waals surface area contributed by atoms with Crippen molar-refractivity contribution in [2.24, 2.45) is 10.8 Å². The number of hydrazine groups is 1. The van der Waals surface area contributed by atoms with Gasteiger partial charge in [0.15, 0.2) is 0 Å². The summed E-state index contributed by atoms with van der Waals surface area (Å²) < 4.78 is 0.867. The molecule has 0 spiro atoms. The molecule has 1 aromatic carbocycles. The maximum Gasteiger partial charge on any atom is 0.210 e. The molecule has 0 aromatic heterocycles. The molecule has 0 amide bonds. The first kappa shape index (κ1) is 14.6. The van der Waals surface area contributed by atoms with Crippen molar-refractivity contribution >= 4 is 39.2 Å². The predicted molar refractivity (Wildman–Crippen MR) is 84.4 cm³/mol. The molecule has 0 aliphatic heterocycles. The van der Waals surface area contributed by atoms with Crippen LogP contribution in [0.2, 0.25) is 5.02 Å². The molecular formula is C13H18BrClN4. The van der Waals surface area contributed by atoms with Gasteiger partial charge in [0.2, 0.25) is 5.96 Å². The fourth-order valence-electron chi connectivity index (χ4n) is 2.21. The van der Waals surface area contributed by atoms with E-state index in [1.54, 1.807) is 0 Å². The highest BCUT2D eigenvalue weighted by Gasteiger charge is 2.13. The number of nitrogens with zero attached hydrogens (tertiary/aromatic N) is 1. The Labute approximate surface area is 126 Å². The molecular weight excluding hydrogens is 328 g/mol. The molecule has 0 saturated heterocycles. The Balaban J connectivity index is 2.05. The smallest absolute Gasteiger partial charge is 0.210 e. The minimum atomic E-state index is 0.359. The van der Waals surface area contributed by atoms with Crippen molar-refractivity contribution < 1.29 is 0 Å². The zero-order valence-electron chi connectivity index (χ0n) is 10.6. The Hall–Kier alpha value is -0.780. The van der Waals surface area contributed by atoms with E-state index in [-0.39, 0.29) is 0 Å². The van der Waals surface area contributed by atoms with Crippen LogP contribution in [-0.2, 0) is 0 Å². The van der Waals surface area contributed by atoms with Crippen LogP contribution in [0.1, 0.15) is 32.1 Å². The highest BCUT2D eigenvalue weighted by Crippen LogP contribution is 2.25. The van der Waals surface area contributed by atoms with E-state index >= 15 is 0 Å². The van der Waals surface area contributed by atoms with Crippen molar-refractivity contribution in [3.05, 3.63) is 27.7 Å². The Morgan fingerprint density at radius 3 is 2.68 bits per heavy atom. The molecule has 4 N–H and O–H groups in total. The summed E-state index contributed by atoms with van der Waals surface area (Å²) in [5.41, 5.74) is 3.48. The second-order valence-electron chi connectivity index (χ2n) is 4.67. The number of hydrogen-bond acceptors (Lipinski definition) is 2. The molecule has 0 radical (unpaired) electrons. The molecule has 0 unspecified atom stereocenters. The van der Waals surface area contributed by atoms with E-state index in [4.69, 9.17) is 17.4 Å². The average Bonchev–Trinajstić information content (AvgIpc) is 2.43. The Kier molecular flexibility index (Phi) is 5.48. The summed E-state index contributed by atoms with van der Waals surface area (Å²) in [6.45, 7) is 0. The van der Waals surface area contributed by atoms with Gasteiger partial charge >= 0.3 is 0 Å². The van der Waals surface area contributed by atoms with Crippen LogP contribution >= 0.6 is 27.5 Å². The maximum absolute atomic E-state index is 6.05. The van der Waals surface area contributed by atoms with Gasteiger partial charge in [-0.25, -0.2) is 10.8 Å². The first-order chi connectivity index (χ1) is 9.19. The van der Waals surface area contributed by atoms with Crippen LogP contribution in [0, 0.1) is 0 Å². The van der Waals surface area contributed by atoms with Gasteiger partial charge in [0.1, 0.15) is 0 Å². The van der Waals surface area contributed by atoms with Crippen molar-refractivity contribution in [1.82, 2.24) is 5.43 Å². The van der Waals surface area contributed by atoms with Gasteiger partial charge in [-0.3, -0.25) is 5.43 Å². The van der Waals surface area contributed by atoms with Crippen LogP contribution in [0.4, 0.5) is 5.69 Å². The largest absolute Gasteiger partial charge is 0.325 e. The van der Waals surface area contributed by atoms with Gasteiger partial charge in [-0.1, -0.05) is 30.9 Å². The van der Waals surface area contributed by atoms with E-state index in [0.717, 1.165) is 23.0 Å². The zero-order valence-corrected chi connectivity index (χ0v) is 13.0. The summed E-state index contributed by atoms with van der Waals surface area (Å²) in [4.78, 5) is 4.62. The lowest BCUT2D eigenvalue weighted by Crippen LogP contribution is -2.37. The average molecular weight is 346 g/mol. The molecule has 4 nitrogen and oxygen atoms in total. The van der Waals surface area contributed by atoms with Crippen molar-refractivity contribution in [3.8, 4) is 0 Å². The quantitative estimate of drug-likeness (QED) is 0.332. The molecule has 6 heteroatoms. The summed E-state index contributed by atoms with van der Waals surface area (Å²) >= 11 is 9.42. The lowest BCUT2D eigenvalue weighted by molar-refractivity contribution is 0.442. The molecule has 1 fully saturated rings. The topological polar surface area (TPSA) is 62.4 Å². The van der Waals surface area contributed by atoms with E-state index in [2.05, 4.69) is 31.7 Å². The zero-order chi connectivity index (χ0) is 13.7. The minimum Gasteiger partial charge on any atom is -0.325 e. The SMILES string of the molecule is NNC(=NC1CCCCC1)Nc1ccc(Br)c(Cl)c1. The second kappa shape index (κ2) is 7.12. The number of hydrogen-bond donors (Lipinski definition) is 3. The van der Waals surface area contributed by atoms with E-state index in [9.17, 15) is 0 Å².